The summed E-state index contributed by atoms with van der Waals surface area (Å²) >= 11 is 0. The summed E-state index contributed by atoms with van der Waals surface area (Å²) in [5.74, 6) is -0.0927. The predicted molar refractivity (Wildman–Crippen MR) is 64.9 cm³/mol. The van der Waals surface area contributed by atoms with Crippen molar-refractivity contribution in [2.24, 2.45) is 0 Å². The SMILES string of the molecule is COCCNS(=O)(=O)Cc1cccc(CO)c1. The second-order valence-electron chi connectivity index (χ2n) is 3.62. The third kappa shape index (κ3) is 5.27. The lowest BCUT2D eigenvalue weighted by Crippen LogP contribution is -2.28. The van der Waals surface area contributed by atoms with E-state index < -0.39 is 10.0 Å². The summed E-state index contributed by atoms with van der Waals surface area (Å²) in [6.07, 6.45) is 0. The Kier molecular flexibility index (Phi) is 5.57. The van der Waals surface area contributed by atoms with Gasteiger partial charge >= 0.3 is 0 Å². The molecule has 0 aliphatic rings. The molecule has 6 heteroatoms. The van der Waals surface area contributed by atoms with E-state index in [1.54, 1.807) is 24.3 Å². The molecule has 0 fully saturated rings. The minimum Gasteiger partial charge on any atom is -0.392 e. The van der Waals surface area contributed by atoms with Crippen molar-refractivity contribution in [1.29, 1.82) is 0 Å². The van der Waals surface area contributed by atoms with Gasteiger partial charge in [-0.2, -0.15) is 0 Å². The van der Waals surface area contributed by atoms with Crippen molar-refractivity contribution in [3.8, 4) is 0 Å². The third-order valence-corrected chi connectivity index (χ3v) is 3.52. The second kappa shape index (κ2) is 6.70. The Hall–Kier alpha value is -0.950. The Labute approximate surface area is 101 Å². The highest BCUT2D eigenvalue weighted by atomic mass is 32.2. The van der Waals surface area contributed by atoms with Crippen LogP contribution in [0.3, 0.4) is 0 Å². The Morgan fingerprint density at radius 3 is 2.71 bits per heavy atom. The van der Waals surface area contributed by atoms with Crippen LogP contribution in [0.5, 0.6) is 0 Å². The molecule has 0 spiro atoms. The number of ether oxygens (including phenoxy) is 1. The van der Waals surface area contributed by atoms with Crippen LogP contribution in [0, 0.1) is 0 Å². The maximum Gasteiger partial charge on any atom is 0.215 e. The fourth-order valence-corrected chi connectivity index (χ4v) is 2.50. The first-order valence-electron chi connectivity index (χ1n) is 5.22. The Bertz CT molecular complexity index is 445. The first-order valence-corrected chi connectivity index (χ1v) is 6.87. The van der Waals surface area contributed by atoms with Gasteiger partial charge < -0.3 is 9.84 Å². The van der Waals surface area contributed by atoms with Gasteiger partial charge in [0.15, 0.2) is 0 Å². The maximum absolute atomic E-state index is 11.6. The minimum atomic E-state index is -3.34. The Balaban J connectivity index is 2.62. The first kappa shape index (κ1) is 14.1. The largest absolute Gasteiger partial charge is 0.392 e. The van der Waals surface area contributed by atoms with E-state index in [1.165, 1.54) is 7.11 Å². The number of sulfonamides is 1. The smallest absolute Gasteiger partial charge is 0.215 e. The van der Waals surface area contributed by atoms with Crippen LogP contribution in [0.25, 0.3) is 0 Å². The summed E-state index contributed by atoms with van der Waals surface area (Å²) in [6, 6.07) is 6.87. The van der Waals surface area contributed by atoms with Crippen LogP contribution in [-0.2, 0) is 27.1 Å². The van der Waals surface area contributed by atoms with Gasteiger partial charge in [-0.05, 0) is 11.1 Å². The van der Waals surface area contributed by atoms with Gasteiger partial charge in [-0.15, -0.1) is 0 Å². The number of methoxy groups -OCH3 is 1. The highest BCUT2D eigenvalue weighted by Gasteiger charge is 2.10. The van der Waals surface area contributed by atoms with E-state index in [0.29, 0.717) is 17.7 Å². The molecule has 2 N–H and O–H groups in total. The van der Waals surface area contributed by atoms with Crippen LogP contribution in [-0.4, -0.2) is 33.8 Å². The number of benzene rings is 1. The van der Waals surface area contributed by atoms with E-state index in [-0.39, 0.29) is 18.9 Å². The molecule has 0 amide bonds. The molecule has 0 radical (unpaired) electrons. The molecule has 1 rings (SSSR count). The second-order valence-corrected chi connectivity index (χ2v) is 5.43. The van der Waals surface area contributed by atoms with Crippen molar-refractivity contribution in [3.63, 3.8) is 0 Å². The molecule has 0 unspecified atom stereocenters. The average Bonchev–Trinajstić information content (AvgIpc) is 2.29. The van der Waals surface area contributed by atoms with E-state index in [2.05, 4.69) is 4.72 Å². The standard InChI is InChI=1S/C11H17NO4S/c1-16-6-5-12-17(14,15)9-11-4-2-3-10(7-11)8-13/h2-4,7,12-13H,5-6,8-9H2,1H3. The zero-order valence-corrected chi connectivity index (χ0v) is 10.5. The lowest BCUT2D eigenvalue weighted by molar-refractivity contribution is 0.204. The summed E-state index contributed by atoms with van der Waals surface area (Å²) in [6.45, 7) is 0.513. The molecule has 0 bridgehead atoms. The van der Waals surface area contributed by atoms with Gasteiger partial charge in [0.1, 0.15) is 0 Å². The van der Waals surface area contributed by atoms with Crippen LogP contribution in [0.2, 0.25) is 0 Å². The van der Waals surface area contributed by atoms with Crippen molar-refractivity contribution in [3.05, 3.63) is 35.4 Å². The van der Waals surface area contributed by atoms with Gasteiger partial charge in [-0.25, -0.2) is 13.1 Å². The molecule has 0 heterocycles. The Morgan fingerprint density at radius 2 is 2.06 bits per heavy atom. The summed E-state index contributed by atoms with van der Waals surface area (Å²) in [5.41, 5.74) is 1.36. The van der Waals surface area contributed by atoms with E-state index in [1.807, 2.05) is 0 Å². The monoisotopic (exact) mass is 259 g/mol. The van der Waals surface area contributed by atoms with Gasteiger partial charge in [0.2, 0.25) is 10.0 Å². The van der Waals surface area contributed by atoms with Crippen LogP contribution in [0.15, 0.2) is 24.3 Å². The molecule has 17 heavy (non-hydrogen) atoms. The van der Waals surface area contributed by atoms with Crippen LogP contribution in [0.4, 0.5) is 0 Å². The molecule has 1 aromatic rings. The molecule has 0 aromatic heterocycles. The molecular weight excluding hydrogens is 242 g/mol. The van der Waals surface area contributed by atoms with E-state index in [0.717, 1.165) is 0 Å². The number of rotatable bonds is 7. The van der Waals surface area contributed by atoms with Gasteiger partial charge in [0.05, 0.1) is 19.0 Å². The molecule has 0 atom stereocenters. The number of nitrogens with one attached hydrogen (secondary N) is 1. The molecule has 0 saturated carbocycles. The van der Waals surface area contributed by atoms with E-state index in [4.69, 9.17) is 9.84 Å². The zero-order chi connectivity index (χ0) is 12.7. The average molecular weight is 259 g/mol. The summed E-state index contributed by atoms with van der Waals surface area (Å²) in [7, 11) is -1.83. The maximum atomic E-state index is 11.6. The van der Waals surface area contributed by atoms with Gasteiger partial charge in [0.25, 0.3) is 0 Å². The number of hydrogen-bond donors (Lipinski definition) is 2. The lowest BCUT2D eigenvalue weighted by atomic mass is 10.1. The fraction of sp³-hybridized carbons (Fsp3) is 0.455. The summed E-state index contributed by atoms with van der Waals surface area (Å²) in [4.78, 5) is 0. The van der Waals surface area contributed by atoms with E-state index in [9.17, 15) is 8.42 Å². The molecule has 0 aliphatic carbocycles. The van der Waals surface area contributed by atoms with Crippen molar-refractivity contribution in [2.75, 3.05) is 20.3 Å². The lowest BCUT2D eigenvalue weighted by Gasteiger charge is -2.07. The van der Waals surface area contributed by atoms with Crippen molar-refractivity contribution in [1.82, 2.24) is 4.72 Å². The quantitative estimate of drug-likeness (QED) is 0.688. The van der Waals surface area contributed by atoms with Crippen molar-refractivity contribution in [2.45, 2.75) is 12.4 Å². The normalized spacial score (nSPS) is 11.6. The van der Waals surface area contributed by atoms with Gasteiger partial charge in [0, 0.05) is 13.7 Å². The fourth-order valence-electron chi connectivity index (χ4n) is 1.39. The molecule has 96 valence electrons. The molecular formula is C11H17NO4S. The van der Waals surface area contributed by atoms with Crippen LogP contribution < -0.4 is 4.72 Å². The van der Waals surface area contributed by atoms with Gasteiger partial charge in [-0.3, -0.25) is 0 Å². The predicted octanol–water partition coefficient (Wildman–Crippen LogP) is 0.245. The molecule has 5 nitrogen and oxygen atoms in total. The summed E-state index contributed by atoms with van der Waals surface area (Å²) < 4.78 is 30.5. The van der Waals surface area contributed by atoms with E-state index >= 15 is 0 Å². The number of aliphatic hydroxyl groups excluding tert-OH is 1. The number of hydrogen-bond acceptors (Lipinski definition) is 4. The third-order valence-electron chi connectivity index (χ3n) is 2.16. The highest BCUT2D eigenvalue weighted by Crippen LogP contribution is 2.08. The minimum absolute atomic E-state index is 0.0923. The van der Waals surface area contributed by atoms with Crippen molar-refractivity contribution < 1.29 is 18.3 Å². The molecule has 0 saturated heterocycles. The Morgan fingerprint density at radius 1 is 1.35 bits per heavy atom. The highest BCUT2D eigenvalue weighted by molar-refractivity contribution is 7.88. The van der Waals surface area contributed by atoms with Gasteiger partial charge in [-0.1, -0.05) is 24.3 Å². The zero-order valence-electron chi connectivity index (χ0n) is 9.72. The summed E-state index contributed by atoms with van der Waals surface area (Å²) in [5, 5.41) is 8.95. The van der Waals surface area contributed by atoms with Crippen LogP contribution >= 0.6 is 0 Å². The first-order chi connectivity index (χ1) is 8.07. The molecule has 1 aromatic carbocycles. The number of aliphatic hydroxyl groups is 1. The van der Waals surface area contributed by atoms with Crippen LogP contribution in [0.1, 0.15) is 11.1 Å². The topological polar surface area (TPSA) is 75.6 Å². The van der Waals surface area contributed by atoms with Crippen molar-refractivity contribution >= 4 is 10.0 Å². The molecule has 0 aliphatic heterocycles.